The third-order valence-corrected chi connectivity index (χ3v) is 4.47. The van der Waals surface area contributed by atoms with Crippen molar-refractivity contribution in [2.45, 2.75) is 18.7 Å². The zero-order valence-electron chi connectivity index (χ0n) is 11.4. The maximum absolute atomic E-state index is 12.3. The molecule has 2 rings (SSSR count). The second-order valence-corrected chi connectivity index (χ2v) is 6.58. The monoisotopic (exact) mass is 324 g/mol. The lowest BCUT2D eigenvalue weighted by Gasteiger charge is -2.10. The highest BCUT2D eigenvalue weighted by Gasteiger charge is 2.16. The standard InChI is InChI=1S/C14H13ClN2O3S/c1-9-7-13(14(15)16-8-9)17-21(19,20)12-5-3-11(4-6-12)10(2)18/h3-8,17H,1-2H3. The number of pyridine rings is 1. The van der Waals surface area contributed by atoms with Crippen molar-refractivity contribution in [2.24, 2.45) is 0 Å². The first-order chi connectivity index (χ1) is 9.79. The largest absolute Gasteiger partial charge is 0.295 e. The van der Waals surface area contributed by atoms with Gasteiger partial charge in [-0.25, -0.2) is 13.4 Å². The normalized spacial score (nSPS) is 11.2. The summed E-state index contributed by atoms with van der Waals surface area (Å²) in [7, 11) is -3.78. The van der Waals surface area contributed by atoms with Gasteiger partial charge in [-0.3, -0.25) is 9.52 Å². The molecule has 5 nitrogen and oxygen atoms in total. The fourth-order valence-electron chi connectivity index (χ4n) is 1.70. The Morgan fingerprint density at radius 1 is 1.24 bits per heavy atom. The van der Waals surface area contributed by atoms with Gasteiger partial charge in [0.05, 0.1) is 10.6 Å². The second-order valence-electron chi connectivity index (χ2n) is 4.54. The van der Waals surface area contributed by atoms with E-state index in [1.807, 2.05) is 0 Å². The molecule has 0 fully saturated rings. The number of Topliss-reactive ketones (excluding diaryl/α,β-unsaturated/α-hetero) is 1. The van der Waals surface area contributed by atoms with E-state index in [0.717, 1.165) is 5.56 Å². The highest BCUT2D eigenvalue weighted by molar-refractivity contribution is 7.92. The molecule has 0 aliphatic carbocycles. The van der Waals surface area contributed by atoms with Crippen molar-refractivity contribution in [3.63, 3.8) is 0 Å². The number of anilines is 1. The number of carbonyl (C=O) groups is 1. The molecule has 1 aromatic carbocycles. The topological polar surface area (TPSA) is 76.1 Å². The number of aryl methyl sites for hydroxylation is 1. The van der Waals surface area contributed by atoms with Crippen molar-refractivity contribution in [3.8, 4) is 0 Å². The van der Waals surface area contributed by atoms with Crippen LogP contribution >= 0.6 is 11.6 Å². The van der Waals surface area contributed by atoms with Gasteiger partial charge in [0.1, 0.15) is 0 Å². The fraction of sp³-hybridized carbons (Fsp3) is 0.143. The molecule has 7 heteroatoms. The van der Waals surface area contributed by atoms with E-state index >= 15 is 0 Å². The highest BCUT2D eigenvalue weighted by atomic mass is 35.5. The summed E-state index contributed by atoms with van der Waals surface area (Å²) in [6, 6.07) is 7.27. The molecule has 0 atom stereocenters. The van der Waals surface area contributed by atoms with Crippen LogP contribution in [0.2, 0.25) is 5.15 Å². The van der Waals surface area contributed by atoms with E-state index in [1.165, 1.54) is 31.2 Å². The first kappa shape index (κ1) is 15.5. The van der Waals surface area contributed by atoms with Crippen LogP contribution in [0.4, 0.5) is 5.69 Å². The molecule has 1 N–H and O–H groups in total. The predicted octanol–water partition coefficient (Wildman–Crippen LogP) is 3.05. The molecule has 0 aliphatic heterocycles. The van der Waals surface area contributed by atoms with Crippen molar-refractivity contribution < 1.29 is 13.2 Å². The smallest absolute Gasteiger partial charge is 0.261 e. The molecule has 0 aliphatic rings. The van der Waals surface area contributed by atoms with Crippen LogP contribution in [0.1, 0.15) is 22.8 Å². The van der Waals surface area contributed by atoms with E-state index in [0.29, 0.717) is 5.56 Å². The number of aromatic nitrogens is 1. The maximum Gasteiger partial charge on any atom is 0.261 e. The number of carbonyl (C=O) groups excluding carboxylic acids is 1. The Bertz CT molecular complexity index is 786. The molecule has 0 amide bonds. The molecular weight excluding hydrogens is 312 g/mol. The summed E-state index contributed by atoms with van der Waals surface area (Å²) in [5, 5.41) is 0.0736. The van der Waals surface area contributed by atoms with E-state index < -0.39 is 10.0 Å². The van der Waals surface area contributed by atoms with Crippen LogP contribution in [0.3, 0.4) is 0 Å². The first-order valence-electron chi connectivity index (χ1n) is 6.05. The summed E-state index contributed by atoms with van der Waals surface area (Å²) in [6.07, 6.45) is 1.54. The average Bonchev–Trinajstić information content (AvgIpc) is 2.43. The van der Waals surface area contributed by atoms with E-state index in [4.69, 9.17) is 11.6 Å². The van der Waals surface area contributed by atoms with Crippen molar-refractivity contribution in [1.82, 2.24) is 4.98 Å². The van der Waals surface area contributed by atoms with Gasteiger partial charge in [-0.05, 0) is 37.6 Å². The molecular formula is C14H13ClN2O3S. The summed E-state index contributed by atoms with van der Waals surface area (Å²) in [5.41, 5.74) is 1.44. The van der Waals surface area contributed by atoms with Gasteiger partial charge in [0, 0.05) is 11.8 Å². The quantitative estimate of drug-likeness (QED) is 0.692. The zero-order chi connectivity index (χ0) is 15.6. The number of sulfonamides is 1. The van der Waals surface area contributed by atoms with Crippen molar-refractivity contribution >= 4 is 33.1 Å². The number of hydrogen-bond donors (Lipinski definition) is 1. The Balaban J connectivity index is 2.34. The maximum atomic E-state index is 12.3. The van der Waals surface area contributed by atoms with E-state index in [9.17, 15) is 13.2 Å². The first-order valence-corrected chi connectivity index (χ1v) is 7.92. The van der Waals surface area contributed by atoms with Gasteiger partial charge in [-0.1, -0.05) is 23.7 Å². The van der Waals surface area contributed by atoms with E-state index in [2.05, 4.69) is 9.71 Å². The summed E-state index contributed by atoms with van der Waals surface area (Å²) in [6.45, 7) is 3.20. The molecule has 0 bridgehead atoms. The number of hydrogen-bond acceptors (Lipinski definition) is 4. The Kier molecular flexibility index (Phi) is 4.29. The van der Waals surface area contributed by atoms with Crippen LogP contribution in [0.25, 0.3) is 0 Å². The van der Waals surface area contributed by atoms with Crippen LogP contribution in [-0.2, 0) is 10.0 Å². The number of rotatable bonds is 4. The predicted molar refractivity (Wildman–Crippen MR) is 81.2 cm³/mol. The molecule has 0 unspecified atom stereocenters. The second kappa shape index (κ2) is 5.83. The van der Waals surface area contributed by atoms with Crippen LogP contribution in [0.15, 0.2) is 41.4 Å². The van der Waals surface area contributed by atoms with Gasteiger partial charge in [0.15, 0.2) is 10.9 Å². The molecule has 0 radical (unpaired) electrons. The minimum Gasteiger partial charge on any atom is -0.295 e. The van der Waals surface area contributed by atoms with E-state index in [-0.39, 0.29) is 21.5 Å². The molecule has 1 heterocycles. The molecule has 0 spiro atoms. The average molecular weight is 325 g/mol. The van der Waals surface area contributed by atoms with Gasteiger partial charge in [0.25, 0.3) is 10.0 Å². The molecule has 21 heavy (non-hydrogen) atoms. The zero-order valence-corrected chi connectivity index (χ0v) is 13.0. The summed E-state index contributed by atoms with van der Waals surface area (Å²) >= 11 is 5.87. The molecule has 2 aromatic rings. The number of halogens is 1. The minimum atomic E-state index is -3.78. The Hall–Kier alpha value is -1.92. The van der Waals surface area contributed by atoms with Crippen LogP contribution < -0.4 is 4.72 Å². The molecule has 0 saturated carbocycles. The Labute approximate surface area is 128 Å². The summed E-state index contributed by atoms with van der Waals surface area (Å²) in [5.74, 6) is -0.127. The third-order valence-electron chi connectivity index (χ3n) is 2.79. The van der Waals surface area contributed by atoms with Crippen LogP contribution in [0.5, 0.6) is 0 Å². The lowest BCUT2D eigenvalue weighted by Crippen LogP contribution is -2.14. The number of ketones is 1. The molecule has 110 valence electrons. The minimum absolute atomic E-state index is 0.0464. The van der Waals surface area contributed by atoms with Gasteiger partial charge in [-0.2, -0.15) is 0 Å². The highest BCUT2D eigenvalue weighted by Crippen LogP contribution is 2.23. The van der Waals surface area contributed by atoms with Crippen molar-refractivity contribution in [3.05, 3.63) is 52.8 Å². The Morgan fingerprint density at radius 3 is 2.43 bits per heavy atom. The van der Waals surface area contributed by atoms with Crippen LogP contribution in [0, 0.1) is 6.92 Å². The number of nitrogens with one attached hydrogen (secondary N) is 1. The lowest BCUT2D eigenvalue weighted by molar-refractivity contribution is 0.101. The SMILES string of the molecule is CC(=O)c1ccc(S(=O)(=O)Nc2cc(C)cnc2Cl)cc1. The van der Waals surface area contributed by atoms with Crippen molar-refractivity contribution in [2.75, 3.05) is 4.72 Å². The lowest BCUT2D eigenvalue weighted by atomic mass is 10.2. The number of nitrogens with zero attached hydrogens (tertiary/aromatic N) is 1. The Morgan fingerprint density at radius 2 is 1.86 bits per heavy atom. The summed E-state index contributed by atoms with van der Waals surface area (Å²) < 4.78 is 26.9. The van der Waals surface area contributed by atoms with Gasteiger partial charge in [0.2, 0.25) is 0 Å². The van der Waals surface area contributed by atoms with Gasteiger partial charge >= 0.3 is 0 Å². The molecule has 0 saturated heterocycles. The fourth-order valence-corrected chi connectivity index (χ4v) is 2.96. The third kappa shape index (κ3) is 3.59. The van der Waals surface area contributed by atoms with Gasteiger partial charge in [-0.15, -0.1) is 0 Å². The summed E-state index contributed by atoms with van der Waals surface area (Å²) in [4.78, 5) is 15.1. The van der Waals surface area contributed by atoms with E-state index in [1.54, 1.807) is 19.2 Å². The molecule has 1 aromatic heterocycles. The van der Waals surface area contributed by atoms with Crippen molar-refractivity contribution in [1.29, 1.82) is 0 Å². The number of benzene rings is 1. The van der Waals surface area contributed by atoms with Gasteiger partial charge < -0.3 is 0 Å². The van der Waals surface area contributed by atoms with Crippen LogP contribution in [-0.4, -0.2) is 19.2 Å².